The molecular formula is C12H10ClN3O. The highest BCUT2D eigenvalue weighted by atomic mass is 35.5. The van der Waals surface area contributed by atoms with Crippen LogP contribution in [0, 0.1) is 6.92 Å². The first-order valence-electron chi connectivity index (χ1n) is 5.00. The topological polar surface area (TPSA) is 54.9 Å². The van der Waals surface area contributed by atoms with Gasteiger partial charge in [0.25, 0.3) is 5.91 Å². The van der Waals surface area contributed by atoms with Crippen molar-refractivity contribution >= 4 is 23.2 Å². The number of nitrogens with one attached hydrogen (secondary N) is 1. The second kappa shape index (κ2) is 4.93. The van der Waals surface area contributed by atoms with Crippen LogP contribution in [0.1, 0.15) is 16.1 Å². The fourth-order valence-electron chi connectivity index (χ4n) is 1.38. The van der Waals surface area contributed by atoms with Gasteiger partial charge in [-0.25, -0.2) is 0 Å². The number of aryl methyl sites for hydroxylation is 1. The Kier molecular flexibility index (Phi) is 3.35. The number of carbonyl (C=O) groups excluding carboxylic acids is 1. The lowest BCUT2D eigenvalue weighted by molar-refractivity contribution is 0.102. The third kappa shape index (κ3) is 2.79. The highest BCUT2D eigenvalue weighted by Gasteiger charge is 2.10. The van der Waals surface area contributed by atoms with Crippen molar-refractivity contribution in [1.82, 2.24) is 9.97 Å². The van der Waals surface area contributed by atoms with E-state index in [-0.39, 0.29) is 5.91 Å². The molecule has 2 heterocycles. The Morgan fingerprint density at radius 3 is 2.88 bits per heavy atom. The van der Waals surface area contributed by atoms with Crippen molar-refractivity contribution < 1.29 is 4.79 Å². The van der Waals surface area contributed by atoms with Crippen LogP contribution in [-0.2, 0) is 0 Å². The Morgan fingerprint density at radius 2 is 2.18 bits per heavy atom. The van der Waals surface area contributed by atoms with Gasteiger partial charge in [-0.3, -0.25) is 14.8 Å². The van der Waals surface area contributed by atoms with Crippen molar-refractivity contribution in [2.75, 3.05) is 5.32 Å². The summed E-state index contributed by atoms with van der Waals surface area (Å²) in [6, 6.07) is 5.08. The Balaban J connectivity index is 2.20. The number of rotatable bonds is 2. The van der Waals surface area contributed by atoms with Gasteiger partial charge in [-0.15, -0.1) is 0 Å². The van der Waals surface area contributed by atoms with Gasteiger partial charge in [0.2, 0.25) is 0 Å². The molecule has 2 aromatic heterocycles. The summed E-state index contributed by atoms with van der Waals surface area (Å²) in [4.78, 5) is 19.8. The van der Waals surface area contributed by atoms with Gasteiger partial charge in [0.1, 0.15) is 0 Å². The third-order valence-electron chi connectivity index (χ3n) is 2.17. The van der Waals surface area contributed by atoms with E-state index >= 15 is 0 Å². The van der Waals surface area contributed by atoms with Crippen LogP contribution in [-0.4, -0.2) is 15.9 Å². The minimum absolute atomic E-state index is 0.261. The SMILES string of the molecule is Cc1cc(NC(=O)c2ccncc2Cl)ccn1. The molecule has 86 valence electrons. The minimum atomic E-state index is -0.261. The van der Waals surface area contributed by atoms with E-state index in [1.807, 2.05) is 6.92 Å². The van der Waals surface area contributed by atoms with E-state index in [1.165, 1.54) is 12.4 Å². The molecule has 0 saturated heterocycles. The Labute approximate surface area is 104 Å². The van der Waals surface area contributed by atoms with Crippen molar-refractivity contribution in [3.8, 4) is 0 Å². The third-order valence-corrected chi connectivity index (χ3v) is 2.47. The van der Waals surface area contributed by atoms with Crippen LogP contribution in [0.2, 0.25) is 5.02 Å². The summed E-state index contributed by atoms with van der Waals surface area (Å²) >= 11 is 5.88. The lowest BCUT2D eigenvalue weighted by Crippen LogP contribution is -2.12. The summed E-state index contributed by atoms with van der Waals surface area (Å²) in [5.41, 5.74) is 1.93. The molecule has 0 radical (unpaired) electrons. The number of aromatic nitrogens is 2. The Bertz CT molecular complexity index is 557. The van der Waals surface area contributed by atoms with Crippen molar-refractivity contribution in [3.63, 3.8) is 0 Å². The molecule has 0 aliphatic rings. The first kappa shape index (κ1) is 11.5. The van der Waals surface area contributed by atoms with Crippen LogP contribution in [0.25, 0.3) is 0 Å². The van der Waals surface area contributed by atoms with Crippen LogP contribution in [0.5, 0.6) is 0 Å². The maximum atomic E-state index is 11.9. The van der Waals surface area contributed by atoms with E-state index < -0.39 is 0 Å². The van der Waals surface area contributed by atoms with Gasteiger partial charge in [0.05, 0.1) is 10.6 Å². The normalized spacial score (nSPS) is 10.0. The zero-order valence-electron chi connectivity index (χ0n) is 9.14. The lowest BCUT2D eigenvalue weighted by Gasteiger charge is -2.06. The fourth-order valence-corrected chi connectivity index (χ4v) is 1.59. The number of hydrogen-bond donors (Lipinski definition) is 1. The molecular weight excluding hydrogens is 238 g/mol. The molecule has 4 nitrogen and oxygen atoms in total. The fraction of sp³-hybridized carbons (Fsp3) is 0.0833. The molecule has 5 heteroatoms. The molecule has 0 aliphatic carbocycles. The quantitative estimate of drug-likeness (QED) is 0.888. The van der Waals surface area contributed by atoms with E-state index in [2.05, 4.69) is 15.3 Å². The van der Waals surface area contributed by atoms with E-state index in [0.717, 1.165) is 5.69 Å². The van der Waals surface area contributed by atoms with E-state index in [9.17, 15) is 4.79 Å². The van der Waals surface area contributed by atoms with Crippen molar-refractivity contribution in [2.45, 2.75) is 6.92 Å². The number of amides is 1. The molecule has 0 atom stereocenters. The zero-order chi connectivity index (χ0) is 12.3. The monoisotopic (exact) mass is 247 g/mol. The predicted molar refractivity (Wildman–Crippen MR) is 66.2 cm³/mol. The molecule has 0 aromatic carbocycles. The molecule has 0 unspecified atom stereocenters. The largest absolute Gasteiger partial charge is 0.322 e. The first-order valence-corrected chi connectivity index (χ1v) is 5.38. The van der Waals surface area contributed by atoms with Crippen LogP contribution in [0.15, 0.2) is 36.8 Å². The van der Waals surface area contributed by atoms with Crippen LogP contribution >= 0.6 is 11.6 Å². The smallest absolute Gasteiger partial charge is 0.257 e. The molecule has 0 aliphatic heterocycles. The summed E-state index contributed by atoms with van der Waals surface area (Å²) < 4.78 is 0. The zero-order valence-corrected chi connectivity index (χ0v) is 9.90. The molecule has 0 fully saturated rings. The lowest BCUT2D eigenvalue weighted by atomic mass is 10.2. The van der Waals surface area contributed by atoms with Crippen molar-refractivity contribution in [3.05, 3.63) is 53.1 Å². The summed E-state index contributed by atoms with van der Waals surface area (Å²) in [7, 11) is 0. The second-order valence-corrected chi connectivity index (χ2v) is 3.90. The molecule has 1 amide bonds. The van der Waals surface area contributed by atoms with E-state index in [1.54, 1.807) is 24.4 Å². The van der Waals surface area contributed by atoms with Gasteiger partial charge in [-0.05, 0) is 25.1 Å². The maximum absolute atomic E-state index is 11.9. The van der Waals surface area contributed by atoms with Gasteiger partial charge in [0.15, 0.2) is 0 Å². The molecule has 0 bridgehead atoms. The minimum Gasteiger partial charge on any atom is -0.322 e. The highest BCUT2D eigenvalue weighted by molar-refractivity contribution is 6.34. The molecule has 2 aromatic rings. The van der Waals surface area contributed by atoms with Crippen LogP contribution < -0.4 is 5.32 Å². The number of nitrogens with zero attached hydrogens (tertiary/aromatic N) is 2. The number of carbonyl (C=O) groups is 1. The number of anilines is 1. The van der Waals surface area contributed by atoms with E-state index in [0.29, 0.717) is 16.3 Å². The van der Waals surface area contributed by atoms with Gasteiger partial charge in [-0.1, -0.05) is 11.6 Å². The summed E-state index contributed by atoms with van der Waals surface area (Å²) in [5, 5.41) is 3.08. The molecule has 1 N–H and O–H groups in total. The molecule has 17 heavy (non-hydrogen) atoms. The maximum Gasteiger partial charge on any atom is 0.257 e. The standard InChI is InChI=1S/C12H10ClN3O/c1-8-6-9(2-5-15-8)16-12(17)10-3-4-14-7-11(10)13/h2-7H,1H3,(H,15,16,17). The van der Waals surface area contributed by atoms with Gasteiger partial charge >= 0.3 is 0 Å². The Morgan fingerprint density at radius 1 is 1.35 bits per heavy atom. The van der Waals surface area contributed by atoms with Gasteiger partial charge in [-0.2, -0.15) is 0 Å². The van der Waals surface area contributed by atoms with Crippen LogP contribution in [0.3, 0.4) is 0 Å². The Hall–Kier alpha value is -1.94. The van der Waals surface area contributed by atoms with Crippen molar-refractivity contribution in [2.24, 2.45) is 0 Å². The average Bonchev–Trinajstić information content (AvgIpc) is 2.29. The number of pyridine rings is 2. The van der Waals surface area contributed by atoms with Gasteiger partial charge in [0, 0.05) is 30.0 Å². The molecule has 2 rings (SSSR count). The molecule has 0 saturated carbocycles. The highest BCUT2D eigenvalue weighted by Crippen LogP contribution is 2.16. The first-order chi connectivity index (χ1) is 8.16. The summed E-state index contributed by atoms with van der Waals surface area (Å²) in [5.74, 6) is -0.261. The average molecular weight is 248 g/mol. The summed E-state index contributed by atoms with van der Waals surface area (Å²) in [6.45, 7) is 1.86. The van der Waals surface area contributed by atoms with Crippen molar-refractivity contribution in [1.29, 1.82) is 0 Å². The van der Waals surface area contributed by atoms with Gasteiger partial charge < -0.3 is 5.32 Å². The summed E-state index contributed by atoms with van der Waals surface area (Å²) in [6.07, 6.45) is 4.60. The molecule has 0 spiro atoms. The number of halogens is 1. The van der Waals surface area contributed by atoms with E-state index in [4.69, 9.17) is 11.6 Å². The second-order valence-electron chi connectivity index (χ2n) is 3.50. The van der Waals surface area contributed by atoms with Crippen LogP contribution in [0.4, 0.5) is 5.69 Å². The predicted octanol–water partition coefficient (Wildman–Crippen LogP) is 2.69. The number of hydrogen-bond acceptors (Lipinski definition) is 3.